The highest BCUT2D eigenvalue weighted by Crippen LogP contribution is 2.41. The molecule has 1 saturated carbocycles. The number of urea groups is 1. The molecule has 172 valence electrons. The number of hydrogen-bond acceptors (Lipinski definition) is 5. The van der Waals surface area contributed by atoms with Crippen LogP contribution < -0.4 is 14.8 Å². The van der Waals surface area contributed by atoms with Crippen LogP contribution in [0.3, 0.4) is 0 Å². The molecule has 0 spiro atoms. The average Bonchev–Trinajstić information content (AvgIpc) is 3.68. The maximum Gasteiger partial charge on any atom is 0.317 e. The third-order valence-corrected chi connectivity index (χ3v) is 7.97. The Morgan fingerprint density at radius 2 is 1.69 bits per heavy atom. The van der Waals surface area contributed by atoms with Gasteiger partial charge in [0.1, 0.15) is 16.4 Å². The van der Waals surface area contributed by atoms with Crippen LogP contribution in [0, 0.1) is 5.92 Å². The van der Waals surface area contributed by atoms with Crippen molar-refractivity contribution in [2.24, 2.45) is 5.92 Å². The van der Waals surface area contributed by atoms with E-state index in [-0.39, 0.29) is 35.8 Å². The molecule has 1 heterocycles. The number of benzene rings is 2. The molecule has 0 radical (unpaired) electrons. The lowest BCUT2D eigenvalue weighted by Gasteiger charge is -2.35. The molecule has 2 aromatic carbocycles. The SMILES string of the molecule is COc1ccc(OC)c(S(=O)(=O)N2CCN(C(=O)N[C@@H](c3ccccc3)C3CC3)CC2)c1. The molecule has 0 unspecified atom stereocenters. The van der Waals surface area contributed by atoms with E-state index in [0.717, 1.165) is 18.4 Å². The number of methoxy groups -OCH3 is 2. The summed E-state index contributed by atoms with van der Waals surface area (Å²) >= 11 is 0. The van der Waals surface area contributed by atoms with Crippen molar-refractivity contribution in [2.75, 3.05) is 40.4 Å². The van der Waals surface area contributed by atoms with Gasteiger partial charge in [-0.05, 0) is 36.5 Å². The van der Waals surface area contributed by atoms with E-state index in [2.05, 4.69) is 5.32 Å². The fraction of sp³-hybridized carbons (Fsp3) is 0.435. The Labute approximate surface area is 189 Å². The minimum Gasteiger partial charge on any atom is -0.497 e. The molecule has 1 N–H and O–H groups in total. The average molecular weight is 460 g/mol. The van der Waals surface area contributed by atoms with Crippen LogP contribution in [-0.2, 0) is 10.0 Å². The molecule has 1 saturated heterocycles. The quantitative estimate of drug-likeness (QED) is 0.688. The summed E-state index contributed by atoms with van der Waals surface area (Å²) in [6.07, 6.45) is 2.21. The minimum atomic E-state index is -3.79. The summed E-state index contributed by atoms with van der Waals surface area (Å²) in [6.45, 7) is 1.08. The number of ether oxygens (including phenoxy) is 2. The zero-order valence-electron chi connectivity index (χ0n) is 18.4. The van der Waals surface area contributed by atoms with Crippen molar-refractivity contribution in [3.8, 4) is 11.5 Å². The Hall–Kier alpha value is -2.78. The van der Waals surface area contributed by atoms with Crippen LogP contribution in [0.5, 0.6) is 11.5 Å². The third-order valence-electron chi connectivity index (χ3n) is 6.05. The van der Waals surface area contributed by atoms with E-state index in [4.69, 9.17) is 9.47 Å². The number of nitrogens with one attached hydrogen (secondary N) is 1. The smallest absolute Gasteiger partial charge is 0.317 e. The lowest BCUT2D eigenvalue weighted by atomic mass is 10.0. The van der Waals surface area contributed by atoms with Gasteiger partial charge in [-0.3, -0.25) is 0 Å². The minimum absolute atomic E-state index is 0.00786. The van der Waals surface area contributed by atoms with Crippen LogP contribution in [-0.4, -0.2) is 64.1 Å². The fourth-order valence-electron chi connectivity index (χ4n) is 4.04. The number of carbonyl (C=O) groups excluding carboxylic acids is 1. The molecule has 1 aliphatic carbocycles. The molecule has 2 amide bonds. The van der Waals surface area contributed by atoms with E-state index in [9.17, 15) is 13.2 Å². The normalized spacial score (nSPS) is 18.1. The Morgan fingerprint density at radius 1 is 1.00 bits per heavy atom. The molecule has 0 bridgehead atoms. The maximum atomic E-state index is 13.2. The van der Waals surface area contributed by atoms with Crippen LogP contribution in [0.15, 0.2) is 53.4 Å². The summed E-state index contributed by atoms with van der Waals surface area (Å²) in [6, 6.07) is 14.5. The van der Waals surface area contributed by atoms with Crippen molar-refractivity contribution >= 4 is 16.1 Å². The van der Waals surface area contributed by atoms with Crippen LogP contribution in [0.2, 0.25) is 0 Å². The molecule has 2 aromatic rings. The molecular weight excluding hydrogens is 430 g/mol. The Morgan fingerprint density at radius 3 is 2.28 bits per heavy atom. The maximum absolute atomic E-state index is 13.2. The molecule has 32 heavy (non-hydrogen) atoms. The van der Waals surface area contributed by atoms with Crippen molar-refractivity contribution in [1.82, 2.24) is 14.5 Å². The standard InChI is InChI=1S/C23H29N3O5S/c1-30-19-10-11-20(31-2)21(16-19)32(28,29)26-14-12-25(13-15-26)23(27)24-22(18-8-9-18)17-6-4-3-5-7-17/h3-7,10-11,16,18,22H,8-9,12-15H2,1-2H3,(H,24,27)/t22-/m0/s1. The summed E-state index contributed by atoms with van der Waals surface area (Å²) in [4.78, 5) is 14.7. The van der Waals surface area contributed by atoms with Crippen LogP contribution in [0.4, 0.5) is 4.79 Å². The number of hydrogen-bond donors (Lipinski definition) is 1. The van der Waals surface area contributed by atoms with E-state index in [1.54, 1.807) is 17.0 Å². The van der Waals surface area contributed by atoms with Crippen molar-refractivity contribution in [1.29, 1.82) is 0 Å². The number of amides is 2. The summed E-state index contributed by atoms with van der Waals surface area (Å²) in [7, 11) is -0.863. The van der Waals surface area contributed by atoms with E-state index in [1.165, 1.54) is 24.6 Å². The summed E-state index contributed by atoms with van der Waals surface area (Å²) in [5, 5.41) is 3.17. The molecule has 9 heteroatoms. The Balaban J connectivity index is 1.42. The van der Waals surface area contributed by atoms with Gasteiger partial charge in [0.15, 0.2) is 0 Å². The number of nitrogens with zero attached hydrogens (tertiary/aromatic N) is 2. The van der Waals surface area contributed by atoms with E-state index in [1.807, 2.05) is 30.3 Å². The van der Waals surface area contributed by atoms with E-state index < -0.39 is 10.0 Å². The lowest BCUT2D eigenvalue weighted by molar-refractivity contribution is 0.167. The van der Waals surface area contributed by atoms with Gasteiger partial charge >= 0.3 is 6.03 Å². The van der Waals surface area contributed by atoms with Crippen LogP contribution in [0.1, 0.15) is 24.4 Å². The first kappa shape index (κ1) is 22.4. The van der Waals surface area contributed by atoms with Crippen LogP contribution in [0.25, 0.3) is 0 Å². The van der Waals surface area contributed by atoms with Gasteiger partial charge in [-0.15, -0.1) is 0 Å². The largest absolute Gasteiger partial charge is 0.497 e. The first-order valence-electron chi connectivity index (χ1n) is 10.8. The van der Waals surface area contributed by atoms with Gasteiger partial charge in [0.05, 0.1) is 20.3 Å². The predicted molar refractivity (Wildman–Crippen MR) is 120 cm³/mol. The van der Waals surface area contributed by atoms with E-state index >= 15 is 0 Å². The molecule has 0 aromatic heterocycles. The Bertz CT molecular complexity index is 1050. The monoisotopic (exact) mass is 459 g/mol. The summed E-state index contributed by atoms with van der Waals surface area (Å²) in [5.74, 6) is 1.17. The second-order valence-corrected chi connectivity index (χ2v) is 9.99. The zero-order valence-corrected chi connectivity index (χ0v) is 19.2. The van der Waals surface area contributed by atoms with Gasteiger partial charge < -0.3 is 19.7 Å². The fourth-order valence-corrected chi connectivity index (χ4v) is 5.64. The molecule has 8 nitrogen and oxygen atoms in total. The van der Waals surface area contributed by atoms with Gasteiger partial charge in [-0.1, -0.05) is 30.3 Å². The highest BCUT2D eigenvalue weighted by molar-refractivity contribution is 7.89. The number of piperazine rings is 1. The lowest BCUT2D eigenvalue weighted by Crippen LogP contribution is -2.53. The molecule has 4 rings (SSSR count). The third kappa shape index (κ3) is 4.68. The molecule has 2 fully saturated rings. The van der Waals surface area contributed by atoms with Gasteiger partial charge in [0.25, 0.3) is 0 Å². The number of sulfonamides is 1. The molecule has 1 atom stereocenters. The van der Waals surface area contributed by atoms with Gasteiger partial charge in [0.2, 0.25) is 10.0 Å². The molecule has 2 aliphatic rings. The first-order valence-corrected chi connectivity index (χ1v) is 12.2. The Kier molecular flexibility index (Phi) is 6.57. The second kappa shape index (κ2) is 9.38. The van der Waals surface area contributed by atoms with Crippen molar-refractivity contribution < 1.29 is 22.7 Å². The molecular formula is C23H29N3O5S. The topological polar surface area (TPSA) is 88.2 Å². The number of carbonyl (C=O) groups is 1. The van der Waals surface area contributed by atoms with Crippen molar-refractivity contribution in [2.45, 2.75) is 23.8 Å². The van der Waals surface area contributed by atoms with Crippen molar-refractivity contribution in [3.63, 3.8) is 0 Å². The van der Waals surface area contributed by atoms with Gasteiger partial charge in [-0.2, -0.15) is 4.31 Å². The van der Waals surface area contributed by atoms with Gasteiger partial charge in [-0.25, -0.2) is 13.2 Å². The molecule has 1 aliphatic heterocycles. The van der Waals surface area contributed by atoms with Gasteiger partial charge in [0, 0.05) is 32.2 Å². The van der Waals surface area contributed by atoms with Crippen LogP contribution >= 0.6 is 0 Å². The predicted octanol–water partition coefficient (Wildman–Crippen LogP) is 2.87. The van der Waals surface area contributed by atoms with Crippen molar-refractivity contribution in [3.05, 3.63) is 54.1 Å². The summed E-state index contributed by atoms with van der Waals surface area (Å²) in [5.41, 5.74) is 1.11. The highest BCUT2D eigenvalue weighted by Gasteiger charge is 2.36. The highest BCUT2D eigenvalue weighted by atomic mass is 32.2. The zero-order chi connectivity index (χ0) is 22.7. The number of rotatable bonds is 7. The first-order chi connectivity index (χ1) is 15.4. The second-order valence-electron chi connectivity index (χ2n) is 8.08. The van der Waals surface area contributed by atoms with E-state index in [0.29, 0.717) is 24.8 Å². The summed E-state index contributed by atoms with van der Waals surface area (Å²) < 4.78 is 38.3.